The maximum atomic E-state index is 13.1. The van der Waals surface area contributed by atoms with Crippen molar-refractivity contribution in [2.45, 2.75) is 29.1 Å². The largest absolute Gasteiger partial charge is 0.381 e. The van der Waals surface area contributed by atoms with E-state index in [0.717, 1.165) is 11.8 Å². The lowest BCUT2D eigenvalue weighted by atomic mass is 9.74. The number of rotatable bonds is 6. The van der Waals surface area contributed by atoms with E-state index >= 15 is 0 Å². The normalized spacial score (nSPS) is 16.9. The van der Waals surface area contributed by atoms with E-state index in [1.807, 2.05) is 30.3 Å². The molecule has 0 aromatic heterocycles. The lowest BCUT2D eigenvalue weighted by molar-refractivity contribution is -0.134. The number of amides is 1. The van der Waals surface area contributed by atoms with Crippen LogP contribution in [0.2, 0.25) is 0 Å². The average Bonchev–Trinajstić information content (AvgIpc) is 2.68. The van der Waals surface area contributed by atoms with Crippen LogP contribution in [0.4, 0.5) is 0 Å². The highest BCUT2D eigenvalue weighted by Gasteiger charge is 2.41. The molecule has 1 N–H and O–H groups in total. The Balaban J connectivity index is 1.85. The van der Waals surface area contributed by atoms with Crippen molar-refractivity contribution in [2.24, 2.45) is 5.41 Å². The van der Waals surface area contributed by atoms with Gasteiger partial charge in [-0.1, -0.05) is 30.3 Å². The molecule has 2 aromatic carbocycles. The van der Waals surface area contributed by atoms with E-state index in [2.05, 4.69) is 4.72 Å². The summed E-state index contributed by atoms with van der Waals surface area (Å²) in [6.45, 7) is 0.757. The van der Waals surface area contributed by atoms with Gasteiger partial charge in [-0.2, -0.15) is 0 Å². The number of sulfone groups is 1. The second kappa shape index (κ2) is 8.25. The molecule has 0 spiro atoms. The molecule has 0 aliphatic carbocycles. The predicted octanol–water partition coefficient (Wildman–Crippen LogP) is 1.93. The molecule has 1 heterocycles. The second-order valence-electron chi connectivity index (χ2n) is 7.23. The van der Waals surface area contributed by atoms with Crippen molar-refractivity contribution >= 4 is 25.8 Å². The molecule has 1 amide bonds. The summed E-state index contributed by atoms with van der Waals surface area (Å²) in [5.41, 5.74) is 0.0544. The van der Waals surface area contributed by atoms with Crippen LogP contribution in [-0.4, -0.2) is 42.2 Å². The molecule has 0 atom stereocenters. The van der Waals surface area contributed by atoms with Gasteiger partial charge in [-0.05, 0) is 49.1 Å². The van der Waals surface area contributed by atoms with E-state index in [1.165, 1.54) is 24.3 Å². The Morgan fingerprint density at radius 3 is 2.03 bits per heavy atom. The van der Waals surface area contributed by atoms with Crippen LogP contribution in [-0.2, 0) is 35.8 Å². The average molecular weight is 438 g/mol. The molecule has 1 saturated heterocycles. The van der Waals surface area contributed by atoms with E-state index in [9.17, 15) is 21.6 Å². The summed E-state index contributed by atoms with van der Waals surface area (Å²) >= 11 is 0. The molecule has 3 rings (SSSR count). The molecule has 1 fully saturated rings. The molecule has 9 heteroatoms. The number of sulfonamides is 1. The van der Waals surface area contributed by atoms with E-state index in [1.54, 1.807) is 0 Å². The number of ether oxygens (including phenoxy) is 1. The van der Waals surface area contributed by atoms with E-state index < -0.39 is 31.2 Å². The highest BCUT2D eigenvalue weighted by Crippen LogP contribution is 2.35. The van der Waals surface area contributed by atoms with Crippen LogP contribution in [0.25, 0.3) is 0 Å². The number of benzene rings is 2. The van der Waals surface area contributed by atoms with Gasteiger partial charge in [-0.25, -0.2) is 21.6 Å². The molecule has 1 aliphatic heterocycles. The lowest BCUT2D eigenvalue weighted by Crippen LogP contribution is -2.48. The van der Waals surface area contributed by atoms with Crippen LogP contribution in [0.5, 0.6) is 0 Å². The summed E-state index contributed by atoms with van der Waals surface area (Å²) in [6, 6.07) is 14.2. The second-order valence-corrected chi connectivity index (χ2v) is 10.9. The number of hydrogen-bond acceptors (Lipinski definition) is 6. The molecule has 0 unspecified atom stereocenters. The first-order chi connectivity index (χ1) is 13.6. The molecule has 0 saturated carbocycles. The van der Waals surface area contributed by atoms with Crippen molar-refractivity contribution in [3.05, 3.63) is 60.2 Å². The fraction of sp³-hybridized carbons (Fsp3) is 0.350. The molecule has 0 bridgehead atoms. The summed E-state index contributed by atoms with van der Waals surface area (Å²) < 4.78 is 56.2. The highest BCUT2D eigenvalue weighted by atomic mass is 32.2. The van der Waals surface area contributed by atoms with Gasteiger partial charge >= 0.3 is 0 Å². The minimum Gasteiger partial charge on any atom is -0.381 e. The third-order valence-electron chi connectivity index (χ3n) is 5.11. The first kappa shape index (κ1) is 21.5. The Kier molecular flexibility index (Phi) is 6.11. The topological polar surface area (TPSA) is 107 Å². The van der Waals surface area contributed by atoms with Crippen LogP contribution >= 0.6 is 0 Å². The fourth-order valence-corrected chi connectivity index (χ4v) is 5.09. The maximum absolute atomic E-state index is 13.1. The molecule has 156 valence electrons. The third kappa shape index (κ3) is 5.04. The Morgan fingerprint density at radius 2 is 1.48 bits per heavy atom. The highest BCUT2D eigenvalue weighted by molar-refractivity contribution is 7.91. The smallest absolute Gasteiger partial charge is 0.264 e. The standard InChI is InChI=1S/C20H23NO6S2/c1-28(23,24)17-7-9-18(10-8-17)29(25,26)21-19(22)20(11-13-27-14-12-20)15-16-5-3-2-4-6-16/h2-10H,11-15H2,1H3,(H,21,22). The SMILES string of the molecule is CS(=O)(=O)c1ccc(S(=O)(=O)NC(=O)C2(Cc3ccccc3)CCOCC2)cc1. The van der Waals surface area contributed by atoms with E-state index in [-0.39, 0.29) is 9.79 Å². The van der Waals surface area contributed by atoms with Gasteiger partial charge in [0.25, 0.3) is 10.0 Å². The first-order valence-corrected chi connectivity index (χ1v) is 12.5. The molecule has 0 radical (unpaired) electrons. The first-order valence-electron chi connectivity index (χ1n) is 9.12. The lowest BCUT2D eigenvalue weighted by Gasteiger charge is -2.35. The molecular weight excluding hydrogens is 414 g/mol. The summed E-state index contributed by atoms with van der Waals surface area (Å²) in [5, 5.41) is 0. The van der Waals surface area contributed by atoms with Crippen molar-refractivity contribution in [3.63, 3.8) is 0 Å². The molecule has 7 nitrogen and oxygen atoms in total. The zero-order chi connectivity index (χ0) is 21.1. The summed E-state index contributed by atoms with van der Waals surface area (Å²) in [7, 11) is -7.58. The zero-order valence-corrected chi connectivity index (χ0v) is 17.6. The maximum Gasteiger partial charge on any atom is 0.264 e. The van der Waals surface area contributed by atoms with Crippen LogP contribution in [0.15, 0.2) is 64.4 Å². The van der Waals surface area contributed by atoms with Gasteiger partial charge in [0.2, 0.25) is 5.91 Å². The summed E-state index contributed by atoms with van der Waals surface area (Å²) in [4.78, 5) is 12.9. The number of carbonyl (C=O) groups excluding carboxylic acids is 1. The van der Waals surface area contributed by atoms with Gasteiger partial charge < -0.3 is 4.74 Å². The van der Waals surface area contributed by atoms with Gasteiger partial charge in [0.1, 0.15) is 0 Å². The third-order valence-corrected chi connectivity index (χ3v) is 7.58. The predicted molar refractivity (Wildman–Crippen MR) is 108 cm³/mol. The van der Waals surface area contributed by atoms with Crippen LogP contribution in [0.1, 0.15) is 18.4 Å². The van der Waals surface area contributed by atoms with Crippen LogP contribution < -0.4 is 4.72 Å². The van der Waals surface area contributed by atoms with Crippen molar-refractivity contribution < 1.29 is 26.4 Å². The van der Waals surface area contributed by atoms with E-state index in [4.69, 9.17) is 4.74 Å². The summed E-state index contributed by atoms with van der Waals surface area (Å²) in [5.74, 6) is -0.572. The van der Waals surface area contributed by atoms with Crippen molar-refractivity contribution in [1.29, 1.82) is 0 Å². The molecule has 2 aromatic rings. The molecule has 29 heavy (non-hydrogen) atoms. The summed E-state index contributed by atoms with van der Waals surface area (Å²) in [6.07, 6.45) is 2.27. The van der Waals surface area contributed by atoms with E-state index in [0.29, 0.717) is 32.5 Å². The van der Waals surface area contributed by atoms with Gasteiger partial charge in [-0.15, -0.1) is 0 Å². The zero-order valence-electron chi connectivity index (χ0n) is 16.0. The minimum absolute atomic E-state index is 0.00718. The number of nitrogens with one attached hydrogen (secondary N) is 1. The molecule has 1 aliphatic rings. The van der Waals surface area contributed by atoms with Gasteiger partial charge in [0, 0.05) is 19.5 Å². The number of carbonyl (C=O) groups is 1. The van der Waals surface area contributed by atoms with Crippen molar-refractivity contribution in [2.75, 3.05) is 19.5 Å². The Labute approximate surface area is 171 Å². The van der Waals surface area contributed by atoms with Crippen molar-refractivity contribution in [3.8, 4) is 0 Å². The van der Waals surface area contributed by atoms with Crippen molar-refractivity contribution in [1.82, 2.24) is 4.72 Å². The molecular formula is C20H23NO6S2. The van der Waals surface area contributed by atoms with Gasteiger partial charge in [0.15, 0.2) is 9.84 Å². The number of hydrogen-bond donors (Lipinski definition) is 1. The Hall–Kier alpha value is -2.23. The monoisotopic (exact) mass is 437 g/mol. The van der Waals surface area contributed by atoms with Gasteiger partial charge in [0.05, 0.1) is 15.2 Å². The fourth-order valence-electron chi connectivity index (χ4n) is 3.39. The minimum atomic E-state index is -4.14. The quantitative estimate of drug-likeness (QED) is 0.740. The van der Waals surface area contributed by atoms with Gasteiger partial charge in [-0.3, -0.25) is 4.79 Å². The van der Waals surface area contributed by atoms with Crippen LogP contribution in [0.3, 0.4) is 0 Å². The Bertz CT molecular complexity index is 1070. The Morgan fingerprint density at radius 1 is 0.931 bits per heavy atom. The van der Waals surface area contributed by atoms with Crippen LogP contribution in [0, 0.1) is 5.41 Å².